The minimum Gasteiger partial charge on any atom is -0.458 e. The van der Waals surface area contributed by atoms with Crippen LogP contribution >= 0.6 is 12.6 Å². The largest absolute Gasteiger partial charge is 0.458 e. The number of unbranched alkanes of at least 4 members (excludes halogenated alkanes) is 3. The number of benzene rings is 2. The van der Waals surface area contributed by atoms with Crippen LogP contribution in [0.1, 0.15) is 102 Å². The fraction of sp³-hybridized carbons (Fsp3) is 0.568. The number of amides is 3. The van der Waals surface area contributed by atoms with E-state index in [2.05, 4.69) is 30.2 Å². The van der Waals surface area contributed by atoms with Gasteiger partial charge in [0.15, 0.2) is 0 Å². The average Bonchev–Trinajstić information content (AvgIpc) is 2.97. The minimum absolute atomic E-state index is 0.0147. The van der Waals surface area contributed by atoms with Gasteiger partial charge in [-0.1, -0.05) is 74.7 Å². The number of carbonyl (C=O) groups excluding carboxylic acids is 4. The first kappa shape index (κ1) is 39.6. The molecule has 0 spiro atoms. The van der Waals surface area contributed by atoms with E-state index in [1.807, 2.05) is 62.4 Å². The van der Waals surface area contributed by atoms with Crippen LogP contribution in [0.2, 0.25) is 0 Å². The van der Waals surface area contributed by atoms with Crippen molar-refractivity contribution < 1.29 is 28.7 Å². The van der Waals surface area contributed by atoms with Crippen molar-refractivity contribution >= 4 is 36.5 Å². The summed E-state index contributed by atoms with van der Waals surface area (Å²) in [5.74, 6) is -1.58. The quantitative estimate of drug-likeness (QED) is 0.111. The molecular weight excluding hydrogens is 614 g/mol. The number of thiol groups is 1. The lowest BCUT2D eigenvalue weighted by Gasteiger charge is -2.36. The van der Waals surface area contributed by atoms with Gasteiger partial charge in [-0.15, -0.1) is 0 Å². The molecule has 0 bridgehead atoms. The monoisotopic (exact) mass is 669 g/mol. The maximum Gasteiger partial charge on any atom is 0.408 e. The van der Waals surface area contributed by atoms with Gasteiger partial charge in [-0.05, 0) is 84.1 Å². The Hall–Kier alpha value is -3.53. The first-order valence-corrected chi connectivity index (χ1v) is 17.1. The van der Waals surface area contributed by atoms with E-state index in [1.165, 1.54) is 4.90 Å². The van der Waals surface area contributed by atoms with Crippen LogP contribution in [0, 0.1) is 13.8 Å². The fourth-order valence-electron chi connectivity index (χ4n) is 5.10. The summed E-state index contributed by atoms with van der Waals surface area (Å²) in [5.41, 5.74) is 1.71. The van der Waals surface area contributed by atoms with Gasteiger partial charge in [0.05, 0.1) is 0 Å². The van der Waals surface area contributed by atoms with Crippen LogP contribution in [-0.2, 0) is 30.3 Å². The molecule has 10 heteroatoms. The number of nitrogens with zero attached hydrogens (tertiary/aromatic N) is 1. The van der Waals surface area contributed by atoms with E-state index in [9.17, 15) is 19.2 Å². The molecule has 0 saturated heterocycles. The smallest absolute Gasteiger partial charge is 0.408 e. The van der Waals surface area contributed by atoms with E-state index in [-0.39, 0.29) is 18.7 Å². The molecule has 3 amide bonds. The summed E-state index contributed by atoms with van der Waals surface area (Å²) in [6.07, 6.45) is 2.89. The molecule has 9 nitrogen and oxygen atoms in total. The Morgan fingerprint density at radius 1 is 0.809 bits per heavy atom. The Kier molecular flexibility index (Phi) is 15.3. The molecule has 2 N–H and O–H groups in total. The highest BCUT2D eigenvalue weighted by atomic mass is 32.1. The molecule has 47 heavy (non-hydrogen) atoms. The highest BCUT2D eigenvalue weighted by Gasteiger charge is 2.38. The molecule has 3 atom stereocenters. The van der Waals surface area contributed by atoms with Crippen LogP contribution in [0.15, 0.2) is 48.5 Å². The summed E-state index contributed by atoms with van der Waals surface area (Å²) in [6.45, 7) is 16.7. The molecule has 0 aliphatic rings. The standard InChI is InChI=1S/C37H55N3O6S/c1-10-11-12-16-22-40(33(42)30(24-47)39-35(44)46-37(7,8)9)31(28-21-17-18-25(2)26(28)3)32(41)38-29(34(43)45-36(4,5)6)23-27-19-14-13-15-20-27/h13-15,17-21,29-31,47H,10-12,16,22-24H2,1-9H3,(H,38,41)(H,39,44). The summed E-state index contributed by atoms with van der Waals surface area (Å²) in [7, 11) is 0. The predicted octanol–water partition coefficient (Wildman–Crippen LogP) is 6.65. The number of rotatable bonds is 15. The normalized spacial score (nSPS) is 13.6. The van der Waals surface area contributed by atoms with Crippen molar-refractivity contribution in [3.05, 3.63) is 70.8 Å². The van der Waals surface area contributed by atoms with Crippen molar-refractivity contribution in [2.75, 3.05) is 12.3 Å². The van der Waals surface area contributed by atoms with Crippen LogP contribution < -0.4 is 10.6 Å². The first-order valence-electron chi connectivity index (χ1n) is 16.5. The second-order valence-corrected chi connectivity index (χ2v) is 14.3. The number of alkyl carbamates (subject to hydrolysis) is 1. The van der Waals surface area contributed by atoms with E-state index < -0.39 is 53.2 Å². The second kappa shape index (κ2) is 18.1. The highest BCUT2D eigenvalue weighted by Crippen LogP contribution is 2.29. The van der Waals surface area contributed by atoms with E-state index >= 15 is 0 Å². The number of hydrogen-bond acceptors (Lipinski definition) is 7. The molecule has 0 heterocycles. The third-order valence-corrected chi connectivity index (χ3v) is 7.86. The van der Waals surface area contributed by atoms with Crippen LogP contribution in [-0.4, -0.2) is 64.4 Å². The maximum absolute atomic E-state index is 14.6. The van der Waals surface area contributed by atoms with Gasteiger partial charge >= 0.3 is 12.1 Å². The van der Waals surface area contributed by atoms with Gasteiger partial charge in [0.2, 0.25) is 11.8 Å². The number of hydrogen-bond donors (Lipinski definition) is 3. The topological polar surface area (TPSA) is 114 Å². The van der Waals surface area contributed by atoms with Gasteiger partial charge in [0, 0.05) is 18.7 Å². The second-order valence-electron chi connectivity index (χ2n) is 13.9. The summed E-state index contributed by atoms with van der Waals surface area (Å²) >= 11 is 4.40. The minimum atomic E-state index is -1.10. The van der Waals surface area contributed by atoms with Crippen LogP contribution in [0.4, 0.5) is 4.79 Å². The van der Waals surface area contributed by atoms with Gasteiger partial charge in [-0.3, -0.25) is 9.59 Å². The highest BCUT2D eigenvalue weighted by molar-refractivity contribution is 7.80. The average molecular weight is 670 g/mol. The van der Waals surface area contributed by atoms with Crippen molar-refractivity contribution in [2.24, 2.45) is 0 Å². The zero-order valence-electron chi connectivity index (χ0n) is 29.6. The maximum atomic E-state index is 14.6. The number of ether oxygens (including phenoxy) is 2. The SMILES string of the molecule is CCCCCCN(C(=O)C(CS)NC(=O)OC(C)(C)C)C(C(=O)NC(Cc1ccccc1)C(=O)OC(C)(C)C)c1cccc(C)c1C. The van der Waals surface area contributed by atoms with Gasteiger partial charge in [-0.25, -0.2) is 9.59 Å². The van der Waals surface area contributed by atoms with Gasteiger partial charge in [0.1, 0.15) is 29.3 Å². The molecule has 0 aliphatic heterocycles. The van der Waals surface area contributed by atoms with E-state index in [1.54, 1.807) is 41.5 Å². The zero-order chi connectivity index (χ0) is 35.4. The van der Waals surface area contributed by atoms with Crippen LogP contribution in [0.3, 0.4) is 0 Å². The van der Waals surface area contributed by atoms with Crippen molar-refractivity contribution in [3.8, 4) is 0 Å². The molecule has 260 valence electrons. The first-order chi connectivity index (χ1) is 22.0. The van der Waals surface area contributed by atoms with Gasteiger partial charge in [0.25, 0.3) is 0 Å². The number of nitrogens with one attached hydrogen (secondary N) is 2. The Balaban J connectivity index is 2.63. The lowest BCUT2D eigenvalue weighted by molar-refractivity contribution is -0.159. The third kappa shape index (κ3) is 13.2. The predicted molar refractivity (Wildman–Crippen MR) is 189 cm³/mol. The molecule has 2 aromatic carbocycles. The summed E-state index contributed by atoms with van der Waals surface area (Å²) in [6, 6.07) is 11.8. The lowest BCUT2D eigenvalue weighted by atomic mass is 9.94. The molecule has 0 radical (unpaired) electrons. The summed E-state index contributed by atoms with van der Waals surface area (Å²) in [5, 5.41) is 5.62. The molecular formula is C37H55N3O6S. The zero-order valence-corrected chi connectivity index (χ0v) is 30.5. The number of carbonyl (C=O) groups is 4. The summed E-state index contributed by atoms with van der Waals surface area (Å²) in [4.78, 5) is 56.8. The van der Waals surface area contributed by atoms with E-state index in [4.69, 9.17) is 9.47 Å². The Bertz CT molecular complexity index is 1340. The third-order valence-electron chi connectivity index (χ3n) is 7.50. The van der Waals surface area contributed by atoms with Crippen molar-refractivity contribution in [3.63, 3.8) is 0 Å². The molecule has 0 aromatic heterocycles. The molecule has 0 fully saturated rings. The number of esters is 1. The molecule has 0 aliphatic carbocycles. The van der Waals surface area contributed by atoms with Crippen LogP contribution in [0.25, 0.3) is 0 Å². The van der Waals surface area contributed by atoms with Crippen molar-refractivity contribution in [1.82, 2.24) is 15.5 Å². The Morgan fingerprint density at radius 2 is 1.45 bits per heavy atom. The summed E-state index contributed by atoms with van der Waals surface area (Å²) < 4.78 is 11.2. The van der Waals surface area contributed by atoms with Gasteiger partial charge < -0.3 is 25.0 Å². The Labute approximate surface area is 286 Å². The van der Waals surface area contributed by atoms with E-state index in [0.29, 0.717) is 12.0 Å². The fourth-order valence-corrected chi connectivity index (χ4v) is 5.35. The Morgan fingerprint density at radius 3 is 2.02 bits per heavy atom. The molecule has 2 aromatic rings. The number of aryl methyl sites for hydroxylation is 1. The lowest BCUT2D eigenvalue weighted by Crippen LogP contribution is -2.55. The van der Waals surface area contributed by atoms with Gasteiger partial charge in [-0.2, -0.15) is 12.6 Å². The molecule has 3 unspecified atom stereocenters. The molecule has 2 rings (SSSR count). The molecule has 0 saturated carbocycles. The van der Waals surface area contributed by atoms with Crippen LogP contribution in [0.5, 0.6) is 0 Å². The van der Waals surface area contributed by atoms with E-state index in [0.717, 1.165) is 36.0 Å². The van der Waals surface area contributed by atoms with Crippen molar-refractivity contribution in [1.29, 1.82) is 0 Å². The van der Waals surface area contributed by atoms with Crippen molar-refractivity contribution in [2.45, 2.75) is 124 Å².